The summed E-state index contributed by atoms with van der Waals surface area (Å²) in [5, 5.41) is 0. The molecule has 53 valence electrons. The van der Waals surface area contributed by atoms with Crippen molar-refractivity contribution in [2.24, 2.45) is 0 Å². The van der Waals surface area contributed by atoms with Crippen LogP contribution in [0.25, 0.3) is 0 Å². The van der Waals surface area contributed by atoms with Crippen LogP contribution in [0.5, 0.6) is 0 Å². The molecule has 0 aliphatic rings. The molecule has 0 amide bonds. The van der Waals surface area contributed by atoms with Crippen LogP contribution in [0.2, 0.25) is 0 Å². The Morgan fingerprint density at radius 2 is 2.33 bits per heavy atom. The first-order valence-corrected chi connectivity index (χ1v) is 3.30. The van der Waals surface area contributed by atoms with Crippen molar-refractivity contribution in [3.8, 4) is 0 Å². The van der Waals surface area contributed by atoms with Crippen molar-refractivity contribution in [3.63, 3.8) is 0 Å². The highest BCUT2D eigenvalue weighted by Gasteiger charge is 1.97. The van der Waals surface area contributed by atoms with E-state index in [1.807, 2.05) is 0 Å². The van der Waals surface area contributed by atoms with Crippen LogP contribution in [0, 0.1) is 0 Å². The molecule has 0 heterocycles. The summed E-state index contributed by atoms with van der Waals surface area (Å²) < 4.78 is 5.01. The van der Waals surface area contributed by atoms with Gasteiger partial charge in [0.25, 0.3) is 0 Å². The molecule has 0 aliphatic heterocycles. The molecule has 1 unspecified atom stereocenters. The van der Waals surface area contributed by atoms with E-state index in [0.29, 0.717) is 6.61 Å². The van der Waals surface area contributed by atoms with Crippen LogP contribution in [0.15, 0.2) is 0 Å². The second-order valence-electron chi connectivity index (χ2n) is 1.98. The molecule has 0 saturated heterocycles. The maximum atomic E-state index is 9.85. The van der Waals surface area contributed by atoms with Crippen molar-refractivity contribution in [3.05, 3.63) is 0 Å². The zero-order valence-corrected chi connectivity index (χ0v) is 6.02. The monoisotopic (exact) mass is 129 g/mol. The zero-order valence-electron chi connectivity index (χ0n) is 6.02. The molecule has 1 radical (unpaired) electrons. The lowest BCUT2D eigenvalue weighted by molar-refractivity contribution is 0.105. The molecule has 0 aromatic carbocycles. The van der Waals surface area contributed by atoms with E-state index in [-0.39, 0.29) is 6.10 Å². The number of hydrogen-bond acceptors (Lipinski definition) is 2. The second-order valence-corrected chi connectivity index (χ2v) is 1.98. The zero-order chi connectivity index (χ0) is 7.11. The summed E-state index contributed by atoms with van der Waals surface area (Å²) in [7, 11) is 0. The predicted octanol–water partition coefficient (Wildman–Crippen LogP) is 1.30. The molecule has 0 spiro atoms. The molecule has 0 aromatic rings. The molecule has 0 rings (SSSR count). The topological polar surface area (TPSA) is 26.3 Å². The molecule has 0 fully saturated rings. The fourth-order valence-corrected chi connectivity index (χ4v) is 0.438. The summed E-state index contributed by atoms with van der Waals surface area (Å²) in [6.07, 6.45) is 3.52. The average Bonchev–Trinajstić information content (AvgIpc) is 1.89. The van der Waals surface area contributed by atoms with E-state index in [1.165, 1.54) is 0 Å². The Kier molecular flexibility index (Phi) is 5.52. The lowest BCUT2D eigenvalue weighted by atomic mass is 10.3. The summed E-state index contributed by atoms with van der Waals surface area (Å²) in [4.78, 5) is 9.85. The van der Waals surface area contributed by atoms with Crippen molar-refractivity contribution in [2.75, 3.05) is 6.61 Å². The first-order valence-electron chi connectivity index (χ1n) is 3.30. The van der Waals surface area contributed by atoms with Crippen LogP contribution in [-0.2, 0) is 9.53 Å². The van der Waals surface area contributed by atoms with Gasteiger partial charge in [0.15, 0.2) is 0 Å². The summed E-state index contributed by atoms with van der Waals surface area (Å²) in [6.45, 7) is 4.45. The van der Waals surface area contributed by atoms with E-state index >= 15 is 0 Å². The van der Waals surface area contributed by atoms with Crippen molar-refractivity contribution in [2.45, 2.75) is 32.8 Å². The molecule has 0 saturated carbocycles. The molecular formula is C7H13O2. The van der Waals surface area contributed by atoms with E-state index in [1.54, 1.807) is 13.2 Å². The molecule has 0 N–H and O–H groups in total. The first kappa shape index (κ1) is 8.63. The summed E-state index contributed by atoms with van der Waals surface area (Å²) >= 11 is 0. The minimum atomic E-state index is -0.350. The minimum Gasteiger partial charge on any atom is -0.370 e. The molecule has 0 aliphatic carbocycles. The summed E-state index contributed by atoms with van der Waals surface area (Å²) in [5.41, 5.74) is 0. The van der Waals surface area contributed by atoms with E-state index in [0.717, 1.165) is 12.8 Å². The van der Waals surface area contributed by atoms with Crippen LogP contribution < -0.4 is 0 Å². The van der Waals surface area contributed by atoms with Crippen molar-refractivity contribution >= 4 is 6.29 Å². The van der Waals surface area contributed by atoms with Gasteiger partial charge in [0.2, 0.25) is 6.29 Å². The Labute approximate surface area is 56.2 Å². The molecule has 0 bridgehead atoms. The molecular weight excluding hydrogens is 116 g/mol. The van der Waals surface area contributed by atoms with Gasteiger partial charge in [-0.05, 0) is 13.3 Å². The molecule has 9 heavy (non-hydrogen) atoms. The lowest BCUT2D eigenvalue weighted by Crippen LogP contribution is -2.09. The maximum absolute atomic E-state index is 9.85. The number of rotatable bonds is 5. The van der Waals surface area contributed by atoms with E-state index < -0.39 is 0 Å². The highest BCUT2D eigenvalue weighted by atomic mass is 16.5. The fraction of sp³-hybridized carbons (Fsp3) is 0.857. The third-order valence-corrected chi connectivity index (χ3v) is 1.03. The SMILES string of the molecule is CCCCOC(C)[C]=O. The highest BCUT2D eigenvalue weighted by molar-refractivity contribution is 5.56. The first-order chi connectivity index (χ1) is 4.31. The van der Waals surface area contributed by atoms with Gasteiger partial charge in [-0.3, -0.25) is 4.79 Å². The van der Waals surface area contributed by atoms with Gasteiger partial charge in [0.1, 0.15) is 6.10 Å². The highest BCUT2D eigenvalue weighted by Crippen LogP contribution is 1.91. The number of hydrogen-bond donors (Lipinski definition) is 0. The molecule has 0 aromatic heterocycles. The fourth-order valence-electron chi connectivity index (χ4n) is 0.438. The van der Waals surface area contributed by atoms with Crippen LogP contribution in [0.1, 0.15) is 26.7 Å². The van der Waals surface area contributed by atoms with E-state index in [2.05, 4.69) is 6.92 Å². The lowest BCUT2D eigenvalue weighted by Gasteiger charge is -2.02. The van der Waals surface area contributed by atoms with Crippen LogP contribution in [0.3, 0.4) is 0 Å². The quantitative estimate of drug-likeness (QED) is 0.523. The Balaban J connectivity index is 2.96. The van der Waals surface area contributed by atoms with Gasteiger partial charge in [-0.2, -0.15) is 0 Å². The Hall–Kier alpha value is -0.370. The van der Waals surface area contributed by atoms with Crippen molar-refractivity contribution in [1.82, 2.24) is 0 Å². The van der Waals surface area contributed by atoms with Gasteiger partial charge in [0, 0.05) is 6.61 Å². The Morgan fingerprint density at radius 3 is 2.78 bits per heavy atom. The Morgan fingerprint density at radius 1 is 1.67 bits per heavy atom. The Bertz CT molecular complexity index is 71.3. The standard InChI is InChI=1S/C7H13O2/c1-3-4-5-9-7(2)6-8/h7H,3-5H2,1-2H3. The van der Waals surface area contributed by atoms with Crippen molar-refractivity contribution in [1.29, 1.82) is 0 Å². The third-order valence-electron chi connectivity index (χ3n) is 1.03. The van der Waals surface area contributed by atoms with Gasteiger partial charge >= 0.3 is 0 Å². The smallest absolute Gasteiger partial charge is 0.229 e. The normalized spacial score (nSPS) is 13.1. The van der Waals surface area contributed by atoms with Gasteiger partial charge in [-0.25, -0.2) is 0 Å². The predicted molar refractivity (Wildman–Crippen MR) is 36.0 cm³/mol. The van der Waals surface area contributed by atoms with Gasteiger partial charge < -0.3 is 4.74 Å². The van der Waals surface area contributed by atoms with E-state index in [9.17, 15) is 4.79 Å². The van der Waals surface area contributed by atoms with Gasteiger partial charge in [0.05, 0.1) is 0 Å². The number of carbonyl (C=O) groups excluding carboxylic acids is 1. The maximum Gasteiger partial charge on any atom is 0.229 e. The number of unbranched alkanes of at least 4 members (excludes halogenated alkanes) is 1. The summed E-state index contributed by atoms with van der Waals surface area (Å²) in [6, 6.07) is 0. The van der Waals surface area contributed by atoms with E-state index in [4.69, 9.17) is 4.74 Å². The molecule has 2 nitrogen and oxygen atoms in total. The van der Waals surface area contributed by atoms with Crippen LogP contribution in [0.4, 0.5) is 0 Å². The van der Waals surface area contributed by atoms with Crippen LogP contribution >= 0.6 is 0 Å². The third kappa shape index (κ3) is 5.50. The van der Waals surface area contributed by atoms with Gasteiger partial charge in [-0.1, -0.05) is 13.3 Å². The minimum absolute atomic E-state index is 0.350. The van der Waals surface area contributed by atoms with Gasteiger partial charge in [-0.15, -0.1) is 0 Å². The average molecular weight is 129 g/mol. The number of ether oxygens (including phenoxy) is 1. The van der Waals surface area contributed by atoms with Crippen LogP contribution in [-0.4, -0.2) is 19.0 Å². The van der Waals surface area contributed by atoms with Crippen molar-refractivity contribution < 1.29 is 9.53 Å². The molecule has 2 heteroatoms. The largest absolute Gasteiger partial charge is 0.370 e. The second kappa shape index (κ2) is 5.76. The summed E-state index contributed by atoms with van der Waals surface area (Å²) in [5.74, 6) is 0. The molecule has 1 atom stereocenters.